The summed E-state index contributed by atoms with van der Waals surface area (Å²) in [5, 5.41) is 0.720. The Bertz CT molecular complexity index is 652. The number of carbonyl (C=O) groups is 1. The maximum atomic E-state index is 11.6. The number of ether oxygens (including phenoxy) is 3. The molecule has 0 aliphatic carbocycles. The van der Waals surface area contributed by atoms with Gasteiger partial charge in [0, 0.05) is 0 Å². The number of hydrogen-bond acceptors (Lipinski definition) is 6. The summed E-state index contributed by atoms with van der Waals surface area (Å²) in [6.07, 6.45) is -0.299. The zero-order chi connectivity index (χ0) is 14.1. The summed E-state index contributed by atoms with van der Waals surface area (Å²) in [5.41, 5.74) is 0.652. The van der Waals surface area contributed by atoms with E-state index in [1.54, 1.807) is 6.92 Å². The first-order valence-corrected chi connectivity index (χ1v) is 6.95. The fourth-order valence-corrected chi connectivity index (χ4v) is 2.98. The molecule has 3 rings (SSSR count). The Kier molecular flexibility index (Phi) is 3.31. The number of hydrogen-bond donors (Lipinski definition) is 0. The lowest BCUT2D eigenvalue weighted by atomic mass is 10.2. The first kappa shape index (κ1) is 12.9. The van der Waals surface area contributed by atoms with Crippen molar-refractivity contribution in [3.8, 4) is 11.5 Å². The molecule has 104 valence electrons. The maximum Gasteiger partial charge on any atom is 0.349 e. The molecule has 0 saturated heterocycles. The molecule has 1 aliphatic heterocycles. The molecule has 20 heavy (non-hydrogen) atoms. The van der Waals surface area contributed by atoms with E-state index >= 15 is 0 Å². The fourth-order valence-electron chi connectivity index (χ4n) is 1.98. The van der Waals surface area contributed by atoms with E-state index in [9.17, 15) is 4.79 Å². The standard InChI is InChI=1S/C14H13NO4S/c1-8-12(14(16)17-2)20-13(15-8)11-7-18-9-5-3-4-6-10(9)19-11/h3-6,11H,7H2,1-2H3. The molecule has 0 bridgehead atoms. The van der Waals surface area contributed by atoms with Crippen molar-refractivity contribution in [2.24, 2.45) is 0 Å². The van der Waals surface area contributed by atoms with Gasteiger partial charge in [-0.25, -0.2) is 9.78 Å². The van der Waals surface area contributed by atoms with Crippen LogP contribution in [0.4, 0.5) is 0 Å². The van der Waals surface area contributed by atoms with Crippen LogP contribution in [0, 0.1) is 6.92 Å². The Morgan fingerprint density at radius 3 is 2.90 bits per heavy atom. The van der Waals surface area contributed by atoms with Gasteiger partial charge in [0.1, 0.15) is 16.5 Å². The van der Waals surface area contributed by atoms with Crippen molar-refractivity contribution in [1.82, 2.24) is 4.98 Å². The van der Waals surface area contributed by atoms with E-state index in [2.05, 4.69) is 4.98 Å². The Morgan fingerprint density at radius 2 is 2.15 bits per heavy atom. The molecule has 2 heterocycles. The number of benzene rings is 1. The molecular weight excluding hydrogens is 278 g/mol. The summed E-state index contributed by atoms with van der Waals surface area (Å²) < 4.78 is 16.3. The van der Waals surface area contributed by atoms with Gasteiger partial charge < -0.3 is 14.2 Å². The molecule has 1 aliphatic rings. The highest BCUT2D eigenvalue weighted by Crippen LogP contribution is 2.37. The molecule has 0 radical (unpaired) electrons. The summed E-state index contributed by atoms with van der Waals surface area (Å²) >= 11 is 1.28. The number of thiazole rings is 1. The highest BCUT2D eigenvalue weighted by Gasteiger charge is 2.27. The van der Waals surface area contributed by atoms with Gasteiger partial charge in [0.2, 0.25) is 0 Å². The molecular formula is C14H13NO4S. The summed E-state index contributed by atoms with van der Waals surface area (Å²) in [7, 11) is 1.36. The molecule has 1 aromatic heterocycles. The summed E-state index contributed by atoms with van der Waals surface area (Å²) in [6, 6.07) is 7.49. The van der Waals surface area contributed by atoms with E-state index in [-0.39, 0.29) is 12.1 Å². The minimum Gasteiger partial charge on any atom is -0.485 e. The van der Waals surface area contributed by atoms with Gasteiger partial charge in [0.15, 0.2) is 17.6 Å². The molecule has 0 saturated carbocycles. The van der Waals surface area contributed by atoms with Gasteiger partial charge in [-0.2, -0.15) is 0 Å². The highest BCUT2D eigenvalue weighted by atomic mass is 32.1. The first-order valence-electron chi connectivity index (χ1n) is 6.13. The van der Waals surface area contributed by atoms with Crippen LogP contribution in [0.15, 0.2) is 24.3 Å². The van der Waals surface area contributed by atoms with E-state index in [1.807, 2.05) is 24.3 Å². The average molecular weight is 291 g/mol. The number of para-hydroxylation sites is 2. The van der Waals surface area contributed by atoms with Crippen molar-refractivity contribution in [2.45, 2.75) is 13.0 Å². The second-order valence-corrected chi connectivity index (χ2v) is 5.35. The lowest BCUT2D eigenvalue weighted by Crippen LogP contribution is -2.21. The Morgan fingerprint density at radius 1 is 1.40 bits per heavy atom. The summed E-state index contributed by atoms with van der Waals surface area (Å²) in [4.78, 5) is 16.5. The Balaban J connectivity index is 1.87. The number of methoxy groups -OCH3 is 1. The van der Waals surface area contributed by atoms with E-state index in [4.69, 9.17) is 14.2 Å². The van der Waals surface area contributed by atoms with E-state index in [0.29, 0.717) is 22.9 Å². The maximum absolute atomic E-state index is 11.6. The molecule has 1 unspecified atom stereocenters. The Labute approximate surface area is 120 Å². The second kappa shape index (κ2) is 5.13. The third-order valence-corrected chi connectivity index (χ3v) is 4.20. The molecule has 2 aromatic rings. The van der Waals surface area contributed by atoms with Crippen molar-refractivity contribution < 1.29 is 19.0 Å². The SMILES string of the molecule is COC(=O)c1sc(C2COc3ccccc3O2)nc1C. The number of fused-ring (bicyclic) bond motifs is 1. The van der Waals surface area contributed by atoms with Crippen LogP contribution in [0.25, 0.3) is 0 Å². The summed E-state index contributed by atoms with van der Waals surface area (Å²) in [5.74, 6) is 1.05. The number of esters is 1. The van der Waals surface area contributed by atoms with Crippen LogP contribution in [0.1, 0.15) is 26.5 Å². The molecule has 0 spiro atoms. The molecule has 0 N–H and O–H groups in total. The van der Waals surface area contributed by atoms with Crippen LogP contribution in [-0.4, -0.2) is 24.7 Å². The van der Waals surface area contributed by atoms with Crippen molar-refractivity contribution >= 4 is 17.3 Å². The van der Waals surface area contributed by atoms with Crippen molar-refractivity contribution in [3.63, 3.8) is 0 Å². The molecule has 1 atom stereocenters. The van der Waals surface area contributed by atoms with E-state index in [0.717, 1.165) is 10.8 Å². The molecule has 1 aromatic carbocycles. The van der Waals surface area contributed by atoms with Gasteiger partial charge in [0.25, 0.3) is 0 Å². The third-order valence-electron chi connectivity index (χ3n) is 2.97. The monoisotopic (exact) mass is 291 g/mol. The van der Waals surface area contributed by atoms with Crippen molar-refractivity contribution in [2.75, 3.05) is 13.7 Å². The third kappa shape index (κ3) is 2.22. The molecule has 0 fully saturated rings. The fraction of sp³-hybridized carbons (Fsp3) is 0.286. The number of nitrogens with zero attached hydrogens (tertiary/aromatic N) is 1. The van der Waals surface area contributed by atoms with Crippen LogP contribution in [-0.2, 0) is 4.74 Å². The van der Waals surface area contributed by atoms with Gasteiger partial charge in [-0.3, -0.25) is 0 Å². The minimum absolute atomic E-state index is 0.299. The van der Waals surface area contributed by atoms with Gasteiger partial charge >= 0.3 is 5.97 Å². The van der Waals surface area contributed by atoms with Crippen molar-refractivity contribution in [1.29, 1.82) is 0 Å². The van der Waals surface area contributed by atoms with Gasteiger partial charge in [-0.1, -0.05) is 12.1 Å². The lowest BCUT2D eigenvalue weighted by molar-refractivity contribution is 0.0605. The predicted octanol–water partition coefficient (Wildman–Crippen LogP) is 2.75. The smallest absolute Gasteiger partial charge is 0.349 e. The number of carbonyl (C=O) groups excluding carboxylic acids is 1. The largest absolute Gasteiger partial charge is 0.485 e. The predicted molar refractivity (Wildman–Crippen MR) is 73.5 cm³/mol. The minimum atomic E-state index is -0.372. The van der Waals surface area contributed by atoms with Crippen LogP contribution in [0.5, 0.6) is 11.5 Å². The van der Waals surface area contributed by atoms with Crippen LogP contribution in [0.3, 0.4) is 0 Å². The molecule has 5 nitrogen and oxygen atoms in total. The lowest BCUT2D eigenvalue weighted by Gasteiger charge is -2.24. The first-order chi connectivity index (χ1) is 9.69. The van der Waals surface area contributed by atoms with Crippen LogP contribution >= 0.6 is 11.3 Å². The number of aryl methyl sites for hydroxylation is 1. The van der Waals surface area contributed by atoms with Gasteiger partial charge in [0.05, 0.1) is 12.8 Å². The normalized spacial score (nSPS) is 16.8. The highest BCUT2D eigenvalue weighted by molar-refractivity contribution is 7.13. The zero-order valence-corrected chi connectivity index (χ0v) is 11.9. The Hall–Kier alpha value is -2.08. The second-order valence-electron chi connectivity index (χ2n) is 4.32. The quantitative estimate of drug-likeness (QED) is 0.796. The van der Waals surface area contributed by atoms with Crippen LogP contribution < -0.4 is 9.47 Å². The number of rotatable bonds is 2. The average Bonchev–Trinajstić information content (AvgIpc) is 2.88. The number of aromatic nitrogens is 1. The van der Waals surface area contributed by atoms with Crippen LogP contribution in [0.2, 0.25) is 0 Å². The van der Waals surface area contributed by atoms with Crippen molar-refractivity contribution in [3.05, 3.63) is 39.8 Å². The molecule has 6 heteroatoms. The topological polar surface area (TPSA) is 57.7 Å². The van der Waals surface area contributed by atoms with E-state index < -0.39 is 0 Å². The van der Waals surface area contributed by atoms with Gasteiger partial charge in [-0.05, 0) is 19.1 Å². The zero-order valence-electron chi connectivity index (χ0n) is 11.1. The van der Waals surface area contributed by atoms with E-state index in [1.165, 1.54) is 18.4 Å². The molecule has 0 amide bonds. The van der Waals surface area contributed by atoms with Gasteiger partial charge in [-0.15, -0.1) is 11.3 Å². The summed E-state index contributed by atoms with van der Waals surface area (Å²) in [6.45, 7) is 2.16.